The van der Waals surface area contributed by atoms with E-state index in [1.54, 1.807) is 4.57 Å². The van der Waals surface area contributed by atoms with Crippen LogP contribution in [0, 0.1) is 0 Å². The van der Waals surface area contributed by atoms with Crippen molar-refractivity contribution in [2.75, 3.05) is 0 Å². The SMILES string of the molecule is O=C(O)c1cn(CC(c2ccccc2)c2ccccc2)cc(O)c1=O. The van der Waals surface area contributed by atoms with Crippen LogP contribution < -0.4 is 5.43 Å². The van der Waals surface area contributed by atoms with E-state index < -0.39 is 22.7 Å². The molecule has 1 aromatic heterocycles. The molecule has 0 aliphatic rings. The molecule has 2 N–H and O–H groups in total. The molecule has 3 rings (SSSR count). The lowest BCUT2D eigenvalue weighted by molar-refractivity contribution is 0.0693. The number of aromatic carboxylic acids is 1. The van der Waals surface area contributed by atoms with Crippen molar-refractivity contribution in [3.05, 3.63) is 100.0 Å². The molecule has 1 heterocycles. The highest BCUT2D eigenvalue weighted by Gasteiger charge is 2.18. The van der Waals surface area contributed by atoms with Crippen LogP contribution in [0.2, 0.25) is 0 Å². The van der Waals surface area contributed by atoms with Crippen LogP contribution in [0.1, 0.15) is 27.4 Å². The first-order valence-corrected chi connectivity index (χ1v) is 7.82. The second-order valence-corrected chi connectivity index (χ2v) is 5.76. The van der Waals surface area contributed by atoms with Gasteiger partial charge in [-0.2, -0.15) is 0 Å². The molecule has 0 unspecified atom stereocenters. The minimum Gasteiger partial charge on any atom is -0.503 e. The molecule has 126 valence electrons. The molecule has 0 saturated carbocycles. The molecule has 0 amide bonds. The topological polar surface area (TPSA) is 79.5 Å². The Balaban J connectivity index is 2.05. The summed E-state index contributed by atoms with van der Waals surface area (Å²) in [5.74, 6) is -1.98. The maximum absolute atomic E-state index is 11.7. The van der Waals surface area contributed by atoms with Crippen LogP contribution in [-0.4, -0.2) is 20.7 Å². The van der Waals surface area contributed by atoms with Crippen molar-refractivity contribution < 1.29 is 15.0 Å². The minimum absolute atomic E-state index is 0.0500. The van der Waals surface area contributed by atoms with Gasteiger partial charge >= 0.3 is 5.97 Å². The average molecular weight is 335 g/mol. The Kier molecular flexibility index (Phi) is 4.66. The Morgan fingerprint density at radius 2 is 1.44 bits per heavy atom. The summed E-state index contributed by atoms with van der Waals surface area (Å²) >= 11 is 0. The summed E-state index contributed by atoms with van der Waals surface area (Å²) in [7, 11) is 0. The third-order valence-electron chi connectivity index (χ3n) is 4.09. The average Bonchev–Trinajstić information content (AvgIpc) is 2.63. The van der Waals surface area contributed by atoms with Gasteiger partial charge in [0.1, 0.15) is 5.56 Å². The summed E-state index contributed by atoms with van der Waals surface area (Å²) in [4.78, 5) is 23.0. The summed E-state index contributed by atoms with van der Waals surface area (Å²) in [5.41, 5.74) is 0.798. The van der Waals surface area contributed by atoms with E-state index >= 15 is 0 Å². The highest BCUT2D eigenvalue weighted by Crippen LogP contribution is 2.26. The molecule has 0 radical (unpaired) electrons. The second-order valence-electron chi connectivity index (χ2n) is 5.76. The number of aromatic hydroxyl groups is 1. The Bertz CT molecular complexity index is 893. The van der Waals surface area contributed by atoms with Crippen LogP contribution in [-0.2, 0) is 6.54 Å². The zero-order valence-corrected chi connectivity index (χ0v) is 13.4. The van der Waals surface area contributed by atoms with E-state index in [2.05, 4.69) is 0 Å². The molecule has 2 aromatic carbocycles. The van der Waals surface area contributed by atoms with Crippen LogP contribution in [0.4, 0.5) is 0 Å². The molecule has 3 aromatic rings. The van der Waals surface area contributed by atoms with E-state index in [9.17, 15) is 14.7 Å². The summed E-state index contributed by atoms with van der Waals surface area (Å²) in [5, 5.41) is 18.9. The molecule has 25 heavy (non-hydrogen) atoms. The zero-order chi connectivity index (χ0) is 17.8. The van der Waals surface area contributed by atoms with E-state index in [1.165, 1.54) is 12.4 Å². The molecule has 0 atom stereocenters. The third kappa shape index (κ3) is 3.61. The van der Waals surface area contributed by atoms with Crippen molar-refractivity contribution in [3.8, 4) is 5.75 Å². The zero-order valence-electron chi connectivity index (χ0n) is 13.4. The minimum atomic E-state index is -1.36. The maximum atomic E-state index is 11.7. The molecule has 0 aliphatic carbocycles. The number of pyridine rings is 1. The van der Waals surface area contributed by atoms with E-state index in [1.807, 2.05) is 60.7 Å². The highest BCUT2D eigenvalue weighted by atomic mass is 16.4. The number of carboxylic acids is 1. The number of carboxylic acid groups (broad SMARTS) is 1. The number of aromatic nitrogens is 1. The van der Waals surface area contributed by atoms with Crippen LogP contribution in [0.15, 0.2) is 77.9 Å². The van der Waals surface area contributed by atoms with Crippen molar-refractivity contribution in [1.82, 2.24) is 4.57 Å². The number of carbonyl (C=O) groups is 1. The fourth-order valence-electron chi connectivity index (χ4n) is 2.86. The molecular formula is C20H17NO4. The fourth-order valence-corrected chi connectivity index (χ4v) is 2.86. The number of rotatable bonds is 5. The van der Waals surface area contributed by atoms with Crippen molar-refractivity contribution >= 4 is 5.97 Å². The number of hydrogen-bond donors (Lipinski definition) is 2. The largest absolute Gasteiger partial charge is 0.503 e. The monoisotopic (exact) mass is 335 g/mol. The smallest absolute Gasteiger partial charge is 0.341 e. The van der Waals surface area contributed by atoms with Crippen molar-refractivity contribution in [3.63, 3.8) is 0 Å². The van der Waals surface area contributed by atoms with E-state index in [0.717, 1.165) is 11.1 Å². The summed E-state index contributed by atoms with van der Waals surface area (Å²) in [6, 6.07) is 19.6. The molecule has 5 nitrogen and oxygen atoms in total. The number of nitrogens with zero attached hydrogens (tertiary/aromatic N) is 1. The van der Waals surface area contributed by atoms with Crippen LogP contribution in [0.3, 0.4) is 0 Å². The number of benzene rings is 2. The standard InChI is InChI=1S/C20H17NO4/c22-18-13-21(12-17(19(18)23)20(24)25)11-16(14-7-3-1-4-8-14)15-9-5-2-6-10-15/h1-10,12-13,16,22H,11H2,(H,24,25). The summed E-state index contributed by atoms with van der Waals surface area (Å²) < 4.78 is 1.55. The highest BCUT2D eigenvalue weighted by molar-refractivity contribution is 5.87. The lowest BCUT2D eigenvalue weighted by Gasteiger charge is -2.20. The van der Waals surface area contributed by atoms with Crippen LogP contribution in [0.25, 0.3) is 0 Å². The van der Waals surface area contributed by atoms with Crippen molar-refractivity contribution in [1.29, 1.82) is 0 Å². The Morgan fingerprint density at radius 3 is 1.92 bits per heavy atom. The first-order valence-electron chi connectivity index (χ1n) is 7.82. The normalized spacial score (nSPS) is 10.8. The summed E-state index contributed by atoms with van der Waals surface area (Å²) in [6.07, 6.45) is 2.54. The van der Waals surface area contributed by atoms with E-state index in [0.29, 0.717) is 6.54 Å². The number of hydrogen-bond acceptors (Lipinski definition) is 3. The lowest BCUT2D eigenvalue weighted by Crippen LogP contribution is -2.19. The lowest BCUT2D eigenvalue weighted by atomic mass is 9.91. The van der Waals surface area contributed by atoms with Gasteiger partial charge in [0.2, 0.25) is 5.43 Å². The van der Waals surface area contributed by atoms with Gasteiger partial charge in [-0.3, -0.25) is 4.79 Å². The first-order chi connectivity index (χ1) is 12.1. The van der Waals surface area contributed by atoms with E-state index in [-0.39, 0.29) is 5.92 Å². The summed E-state index contributed by atoms with van der Waals surface area (Å²) in [6.45, 7) is 0.391. The third-order valence-corrected chi connectivity index (χ3v) is 4.09. The molecule has 0 bridgehead atoms. The van der Waals surface area contributed by atoms with Gasteiger partial charge in [0.05, 0.1) is 0 Å². The van der Waals surface area contributed by atoms with Crippen molar-refractivity contribution in [2.24, 2.45) is 0 Å². The Morgan fingerprint density at radius 1 is 0.920 bits per heavy atom. The van der Waals surface area contributed by atoms with Crippen molar-refractivity contribution in [2.45, 2.75) is 12.5 Å². The predicted octanol–water partition coefficient (Wildman–Crippen LogP) is 3.08. The van der Waals surface area contributed by atoms with Gasteiger partial charge in [-0.15, -0.1) is 0 Å². The molecule has 0 aliphatic heterocycles. The van der Waals surface area contributed by atoms with E-state index in [4.69, 9.17) is 5.11 Å². The second kappa shape index (κ2) is 7.05. The maximum Gasteiger partial charge on any atom is 0.341 e. The van der Waals surface area contributed by atoms with Gasteiger partial charge < -0.3 is 14.8 Å². The Hall–Kier alpha value is -3.34. The van der Waals surface area contributed by atoms with Gasteiger partial charge in [-0.25, -0.2) is 4.79 Å². The van der Waals surface area contributed by atoms with Gasteiger partial charge in [0.25, 0.3) is 0 Å². The molecular weight excluding hydrogens is 318 g/mol. The Labute approximate surface area is 144 Å². The van der Waals surface area contributed by atoms with Gasteiger partial charge in [0.15, 0.2) is 5.75 Å². The van der Waals surface area contributed by atoms with Gasteiger partial charge in [-0.1, -0.05) is 60.7 Å². The quantitative estimate of drug-likeness (QED) is 0.751. The van der Waals surface area contributed by atoms with Crippen LogP contribution >= 0.6 is 0 Å². The molecule has 0 saturated heterocycles. The van der Waals surface area contributed by atoms with Gasteiger partial charge in [-0.05, 0) is 11.1 Å². The molecule has 5 heteroatoms. The predicted molar refractivity (Wildman–Crippen MR) is 94.1 cm³/mol. The molecule has 0 spiro atoms. The van der Waals surface area contributed by atoms with Gasteiger partial charge in [0, 0.05) is 24.9 Å². The fraction of sp³-hybridized carbons (Fsp3) is 0.100. The van der Waals surface area contributed by atoms with Crippen LogP contribution in [0.5, 0.6) is 5.75 Å². The molecule has 0 fully saturated rings. The first kappa shape index (κ1) is 16.5.